The molecule has 25 heavy (non-hydrogen) atoms. The number of carbonyl (C=O) groups is 1. The molecule has 2 fully saturated rings. The summed E-state index contributed by atoms with van der Waals surface area (Å²) in [5.41, 5.74) is 1.15. The second kappa shape index (κ2) is 6.23. The van der Waals surface area contributed by atoms with E-state index in [1.807, 2.05) is 11.3 Å². The number of amides is 1. The van der Waals surface area contributed by atoms with Crippen LogP contribution in [0.2, 0.25) is 0 Å². The Kier molecular flexibility index (Phi) is 4.31. The largest absolute Gasteiger partial charge is 0.340 e. The van der Waals surface area contributed by atoms with Crippen LogP contribution in [-0.4, -0.2) is 47.5 Å². The molecular weight excluding hydrogens is 332 g/mol. The van der Waals surface area contributed by atoms with Crippen LogP contribution in [0, 0.1) is 5.92 Å². The molecule has 0 aromatic carbocycles. The molecule has 1 N–H and O–H groups in total. The monoisotopic (exact) mass is 362 g/mol. The third-order valence-corrected chi connectivity index (χ3v) is 6.84. The van der Waals surface area contributed by atoms with Gasteiger partial charge in [-0.15, -0.1) is 0 Å². The van der Waals surface area contributed by atoms with Gasteiger partial charge in [-0.05, 0) is 18.8 Å². The maximum atomic E-state index is 12.6. The van der Waals surface area contributed by atoms with E-state index < -0.39 is 0 Å². The number of fused-ring (bicyclic) bond motifs is 3. The molecule has 2 saturated heterocycles. The Morgan fingerprint density at radius 1 is 1.32 bits per heavy atom. The molecule has 3 aliphatic heterocycles. The van der Waals surface area contributed by atoms with E-state index in [-0.39, 0.29) is 11.3 Å². The highest BCUT2D eigenvalue weighted by molar-refractivity contribution is 7.15. The molecule has 0 radical (unpaired) electrons. The van der Waals surface area contributed by atoms with Crippen molar-refractivity contribution in [3.63, 3.8) is 0 Å². The lowest BCUT2D eigenvalue weighted by Gasteiger charge is -2.37. The van der Waals surface area contributed by atoms with Crippen molar-refractivity contribution in [1.29, 1.82) is 0 Å². The quantitative estimate of drug-likeness (QED) is 0.898. The SMILES string of the molecule is CC(C)CC(=O)N1Cc2sc(N3C4CCC3CNC4)nc2C(C)(C)C1. The minimum Gasteiger partial charge on any atom is -0.340 e. The average molecular weight is 363 g/mol. The number of thiazole rings is 1. The number of rotatable bonds is 3. The fraction of sp³-hybridized carbons (Fsp3) is 0.789. The van der Waals surface area contributed by atoms with Gasteiger partial charge in [0.15, 0.2) is 5.13 Å². The van der Waals surface area contributed by atoms with Crippen LogP contribution in [0.4, 0.5) is 5.13 Å². The lowest BCUT2D eigenvalue weighted by Crippen LogP contribution is -2.52. The van der Waals surface area contributed by atoms with Crippen LogP contribution in [0.1, 0.15) is 57.5 Å². The molecule has 6 heteroatoms. The van der Waals surface area contributed by atoms with Crippen molar-refractivity contribution in [3.8, 4) is 0 Å². The first-order valence-electron chi connectivity index (χ1n) is 9.62. The Morgan fingerprint density at radius 2 is 2.00 bits per heavy atom. The summed E-state index contributed by atoms with van der Waals surface area (Å²) in [5, 5.41) is 4.73. The predicted molar refractivity (Wildman–Crippen MR) is 102 cm³/mol. The van der Waals surface area contributed by atoms with Crippen LogP contribution < -0.4 is 10.2 Å². The Labute approximate surface area is 154 Å². The lowest BCUT2D eigenvalue weighted by molar-refractivity contribution is -0.133. The van der Waals surface area contributed by atoms with E-state index >= 15 is 0 Å². The Bertz CT molecular complexity index is 652. The zero-order valence-electron chi connectivity index (χ0n) is 15.8. The van der Waals surface area contributed by atoms with Gasteiger partial charge in [-0.1, -0.05) is 39.0 Å². The first-order valence-corrected chi connectivity index (χ1v) is 10.4. The van der Waals surface area contributed by atoms with Crippen LogP contribution in [-0.2, 0) is 16.8 Å². The number of hydrogen-bond donors (Lipinski definition) is 1. The maximum absolute atomic E-state index is 12.6. The second-order valence-electron chi connectivity index (χ2n) is 8.95. The van der Waals surface area contributed by atoms with Crippen molar-refractivity contribution in [2.75, 3.05) is 24.5 Å². The van der Waals surface area contributed by atoms with Gasteiger partial charge < -0.3 is 15.1 Å². The molecule has 5 nitrogen and oxygen atoms in total. The summed E-state index contributed by atoms with van der Waals surface area (Å²) in [5.74, 6) is 0.691. The number of hydrogen-bond acceptors (Lipinski definition) is 5. The van der Waals surface area contributed by atoms with Crippen LogP contribution in [0.25, 0.3) is 0 Å². The van der Waals surface area contributed by atoms with Crippen molar-refractivity contribution in [3.05, 3.63) is 10.6 Å². The van der Waals surface area contributed by atoms with E-state index in [0.29, 0.717) is 24.4 Å². The molecule has 2 bridgehead atoms. The number of anilines is 1. The normalized spacial score (nSPS) is 27.7. The summed E-state index contributed by atoms with van der Waals surface area (Å²) in [4.78, 5) is 23.6. The van der Waals surface area contributed by atoms with Gasteiger partial charge in [0.25, 0.3) is 0 Å². The minimum atomic E-state index is -0.0674. The van der Waals surface area contributed by atoms with Gasteiger partial charge in [0.1, 0.15) is 0 Å². The van der Waals surface area contributed by atoms with E-state index in [1.165, 1.54) is 28.5 Å². The Morgan fingerprint density at radius 3 is 2.64 bits per heavy atom. The highest BCUT2D eigenvalue weighted by Gasteiger charge is 2.42. The van der Waals surface area contributed by atoms with Gasteiger partial charge in [-0.2, -0.15) is 0 Å². The van der Waals surface area contributed by atoms with Crippen LogP contribution in [0.15, 0.2) is 0 Å². The molecule has 0 aliphatic carbocycles. The minimum absolute atomic E-state index is 0.0674. The lowest BCUT2D eigenvalue weighted by atomic mass is 9.85. The standard InChI is InChI=1S/C19H30N4OS/c1-12(2)7-16(24)22-10-15-17(19(3,4)11-22)21-18(25-15)23-13-5-6-14(23)9-20-8-13/h12-14,20H,5-11H2,1-4H3. The van der Waals surface area contributed by atoms with Gasteiger partial charge in [0.05, 0.1) is 12.2 Å². The Balaban J connectivity index is 1.61. The zero-order valence-corrected chi connectivity index (χ0v) is 16.7. The van der Waals surface area contributed by atoms with Crippen molar-refractivity contribution in [1.82, 2.24) is 15.2 Å². The zero-order chi connectivity index (χ0) is 17.8. The molecule has 1 aromatic rings. The number of nitrogens with one attached hydrogen (secondary N) is 1. The molecule has 1 amide bonds. The molecule has 2 unspecified atom stereocenters. The summed E-state index contributed by atoms with van der Waals surface area (Å²) < 4.78 is 0. The van der Waals surface area contributed by atoms with Gasteiger partial charge >= 0.3 is 0 Å². The molecule has 3 aliphatic rings. The van der Waals surface area contributed by atoms with Crippen molar-refractivity contribution >= 4 is 22.4 Å². The molecule has 4 rings (SSSR count). The molecule has 4 heterocycles. The predicted octanol–water partition coefficient (Wildman–Crippen LogP) is 2.75. The topological polar surface area (TPSA) is 48.5 Å². The van der Waals surface area contributed by atoms with Gasteiger partial charge in [-0.25, -0.2) is 4.98 Å². The van der Waals surface area contributed by atoms with E-state index in [4.69, 9.17) is 4.98 Å². The molecule has 0 saturated carbocycles. The van der Waals surface area contributed by atoms with Gasteiger partial charge in [0, 0.05) is 48.4 Å². The highest BCUT2D eigenvalue weighted by Crippen LogP contribution is 2.42. The highest BCUT2D eigenvalue weighted by atomic mass is 32.1. The maximum Gasteiger partial charge on any atom is 0.223 e. The fourth-order valence-electron chi connectivity index (χ4n) is 4.61. The van der Waals surface area contributed by atoms with Crippen LogP contribution >= 0.6 is 11.3 Å². The molecule has 2 atom stereocenters. The molecular formula is C19H30N4OS. The van der Waals surface area contributed by atoms with Crippen LogP contribution in [0.5, 0.6) is 0 Å². The van der Waals surface area contributed by atoms with Crippen molar-refractivity contribution in [2.45, 2.75) is 71.0 Å². The Hall–Kier alpha value is -1.14. The smallest absolute Gasteiger partial charge is 0.223 e. The summed E-state index contributed by atoms with van der Waals surface area (Å²) >= 11 is 1.82. The summed E-state index contributed by atoms with van der Waals surface area (Å²) in [6, 6.07) is 1.18. The summed E-state index contributed by atoms with van der Waals surface area (Å²) in [6.07, 6.45) is 3.17. The first kappa shape index (κ1) is 17.3. The molecule has 138 valence electrons. The van der Waals surface area contributed by atoms with E-state index in [1.54, 1.807) is 0 Å². The summed E-state index contributed by atoms with van der Waals surface area (Å²) in [6.45, 7) is 12.4. The van der Waals surface area contributed by atoms with Gasteiger partial charge in [-0.3, -0.25) is 4.79 Å². The number of piperazine rings is 1. The first-order chi connectivity index (χ1) is 11.8. The summed E-state index contributed by atoms with van der Waals surface area (Å²) in [7, 11) is 0. The number of carbonyl (C=O) groups excluding carboxylic acids is 1. The van der Waals surface area contributed by atoms with E-state index in [9.17, 15) is 4.79 Å². The number of nitrogens with zero attached hydrogens (tertiary/aromatic N) is 3. The second-order valence-corrected chi connectivity index (χ2v) is 10.0. The fourth-order valence-corrected chi connectivity index (χ4v) is 6.01. The van der Waals surface area contributed by atoms with Gasteiger partial charge in [0.2, 0.25) is 5.91 Å². The average Bonchev–Trinajstić information content (AvgIpc) is 3.04. The van der Waals surface area contributed by atoms with Crippen molar-refractivity contribution < 1.29 is 4.79 Å². The number of aromatic nitrogens is 1. The molecule has 0 spiro atoms. The van der Waals surface area contributed by atoms with Crippen LogP contribution in [0.3, 0.4) is 0 Å². The third kappa shape index (κ3) is 3.08. The molecule has 1 aromatic heterocycles. The van der Waals surface area contributed by atoms with Crippen molar-refractivity contribution in [2.24, 2.45) is 5.92 Å². The van der Waals surface area contributed by atoms with E-state index in [2.05, 4.69) is 42.8 Å². The third-order valence-electron chi connectivity index (χ3n) is 5.78. The van der Waals surface area contributed by atoms with E-state index in [0.717, 1.165) is 26.2 Å².